The molecule has 0 radical (unpaired) electrons. The molecular weight excluding hydrogens is 300 g/mol. The number of carbonyl (C=O) groups excluding carboxylic acids is 1. The molecule has 0 saturated carbocycles. The SMILES string of the molecule is C[C@H]1CCCCN1CC(=O)N[C@H]1CCCc2c1cnn2C(C)(C)C. The van der Waals surface area contributed by atoms with E-state index in [2.05, 4.69) is 47.7 Å². The summed E-state index contributed by atoms with van der Waals surface area (Å²) in [4.78, 5) is 14.9. The lowest BCUT2D eigenvalue weighted by atomic mass is 9.92. The van der Waals surface area contributed by atoms with Crippen LogP contribution in [0.2, 0.25) is 0 Å². The van der Waals surface area contributed by atoms with Gasteiger partial charge in [-0.15, -0.1) is 0 Å². The van der Waals surface area contributed by atoms with Gasteiger partial charge in [-0.3, -0.25) is 14.4 Å². The average molecular weight is 332 g/mol. The van der Waals surface area contributed by atoms with Crippen molar-refractivity contribution in [2.24, 2.45) is 0 Å². The van der Waals surface area contributed by atoms with E-state index < -0.39 is 0 Å². The van der Waals surface area contributed by atoms with Crippen molar-refractivity contribution in [1.29, 1.82) is 0 Å². The molecule has 2 atom stereocenters. The minimum Gasteiger partial charge on any atom is -0.348 e. The second kappa shape index (κ2) is 6.87. The highest BCUT2D eigenvalue weighted by Crippen LogP contribution is 2.32. The lowest BCUT2D eigenvalue weighted by Gasteiger charge is -2.33. The Morgan fingerprint density at radius 1 is 1.29 bits per heavy atom. The first-order valence-corrected chi connectivity index (χ1v) is 9.47. The van der Waals surface area contributed by atoms with Gasteiger partial charge < -0.3 is 5.32 Å². The number of aromatic nitrogens is 2. The van der Waals surface area contributed by atoms with Crippen LogP contribution in [-0.4, -0.2) is 39.7 Å². The Hall–Kier alpha value is -1.36. The van der Waals surface area contributed by atoms with Crippen LogP contribution in [0.5, 0.6) is 0 Å². The van der Waals surface area contributed by atoms with Gasteiger partial charge >= 0.3 is 0 Å². The van der Waals surface area contributed by atoms with Gasteiger partial charge in [-0.25, -0.2) is 0 Å². The first-order valence-electron chi connectivity index (χ1n) is 9.47. The summed E-state index contributed by atoms with van der Waals surface area (Å²) >= 11 is 0. The van der Waals surface area contributed by atoms with Crippen molar-refractivity contribution < 1.29 is 4.79 Å². The van der Waals surface area contributed by atoms with Gasteiger partial charge in [0.2, 0.25) is 5.91 Å². The van der Waals surface area contributed by atoms with Crippen molar-refractivity contribution >= 4 is 5.91 Å². The standard InChI is InChI=1S/C19H32N4O/c1-14-8-5-6-11-22(14)13-18(24)21-16-9-7-10-17-15(16)12-20-23(17)19(2,3)4/h12,14,16H,5-11,13H2,1-4H3,(H,21,24)/t14-,16-/m0/s1. The van der Waals surface area contributed by atoms with E-state index in [0.29, 0.717) is 12.6 Å². The maximum absolute atomic E-state index is 12.6. The van der Waals surface area contributed by atoms with Crippen LogP contribution in [0.3, 0.4) is 0 Å². The molecule has 3 rings (SSSR count). The summed E-state index contributed by atoms with van der Waals surface area (Å²) in [5, 5.41) is 7.88. The van der Waals surface area contributed by atoms with Crippen LogP contribution in [0.15, 0.2) is 6.20 Å². The van der Waals surface area contributed by atoms with E-state index in [1.807, 2.05) is 6.20 Å². The van der Waals surface area contributed by atoms with Gasteiger partial charge in [0.15, 0.2) is 0 Å². The molecule has 2 heterocycles. The largest absolute Gasteiger partial charge is 0.348 e. The molecule has 1 aromatic rings. The van der Waals surface area contributed by atoms with E-state index in [-0.39, 0.29) is 17.5 Å². The maximum atomic E-state index is 12.6. The quantitative estimate of drug-likeness (QED) is 0.926. The highest BCUT2D eigenvalue weighted by molar-refractivity contribution is 5.78. The maximum Gasteiger partial charge on any atom is 0.234 e. The summed E-state index contributed by atoms with van der Waals surface area (Å²) in [6.07, 6.45) is 8.86. The Labute approximate surface area is 145 Å². The summed E-state index contributed by atoms with van der Waals surface area (Å²) in [5.74, 6) is 0.158. The minimum atomic E-state index is -0.0112. The second-order valence-corrected chi connectivity index (χ2v) is 8.46. The Morgan fingerprint density at radius 3 is 2.79 bits per heavy atom. The number of amides is 1. The van der Waals surface area contributed by atoms with Crippen LogP contribution >= 0.6 is 0 Å². The van der Waals surface area contributed by atoms with Gasteiger partial charge in [-0.05, 0) is 66.3 Å². The Morgan fingerprint density at radius 2 is 2.08 bits per heavy atom. The number of carbonyl (C=O) groups is 1. The van der Waals surface area contributed by atoms with Crippen LogP contribution < -0.4 is 5.32 Å². The van der Waals surface area contributed by atoms with Crippen molar-refractivity contribution in [2.75, 3.05) is 13.1 Å². The highest BCUT2D eigenvalue weighted by Gasteiger charge is 2.29. The Kier molecular flexibility index (Phi) is 5.00. The predicted octanol–water partition coefficient (Wildman–Crippen LogP) is 3.01. The molecule has 0 spiro atoms. The van der Waals surface area contributed by atoms with Crippen molar-refractivity contribution in [2.45, 2.75) is 83.8 Å². The van der Waals surface area contributed by atoms with Crippen LogP contribution in [0.1, 0.15) is 77.1 Å². The molecule has 5 nitrogen and oxygen atoms in total. The number of piperidine rings is 1. The van der Waals surface area contributed by atoms with E-state index >= 15 is 0 Å². The van der Waals surface area contributed by atoms with Gasteiger partial charge in [0.25, 0.3) is 0 Å². The molecule has 1 aliphatic heterocycles. The van der Waals surface area contributed by atoms with Crippen LogP contribution in [0.25, 0.3) is 0 Å². The predicted molar refractivity (Wildman–Crippen MR) is 95.9 cm³/mol. The lowest BCUT2D eigenvalue weighted by molar-refractivity contribution is -0.123. The lowest BCUT2D eigenvalue weighted by Crippen LogP contribution is -2.45. The summed E-state index contributed by atoms with van der Waals surface area (Å²) < 4.78 is 2.13. The van der Waals surface area contributed by atoms with Gasteiger partial charge in [0.1, 0.15) is 0 Å². The van der Waals surface area contributed by atoms with E-state index in [1.54, 1.807) is 0 Å². The molecule has 1 fully saturated rings. The number of nitrogens with one attached hydrogen (secondary N) is 1. The summed E-state index contributed by atoms with van der Waals surface area (Å²) in [7, 11) is 0. The summed E-state index contributed by atoms with van der Waals surface area (Å²) in [6, 6.07) is 0.646. The number of nitrogens with zero attached hydrogens (tertiary/aromatic N) is 3. The van der Waals surface area contributed by atoms with Crippen molar-refractivity contribution in [3.63, 3.8) is 0 Å². The number of hydrogen-bond acceptors (Lipinski definition) is 3. The van der Waals surface area contributed by atoms with E-state index in [1.165, 1.54) is 30.5 Å². The molecular formula is C19H32N4O. The topological polar surface area (TPSA) is 50.2 Å². The molecule has 1 aliphatic carbocycles. The second-order valence-electron chi connectivity index (χ2n) is 8.46. The van der Waals surface area contributed by atoms with Crippen molar-refractivity contribution in [1.82, 2.24) is 20.0 Å². The molecule has 0 aromatic carbocycles. The molecule has 2 aliphatic rings. The minimum absolute atomic E-state index is 0.0112. The zero-order valence-electron chi connectivity index (χ0n) is 15.6. The van der Waals surface area contributed by atoms with Gasteiger partial charge in [-0.1, -0.05) is 6.42 Å². The highest BCUT2D eigenvalue weighted by atomic mass is 16.2. The van der Waals surface area contributed by atoms with Crippen LogP contribution in [0, 0.1) is 0 Å². The summed E-state index contributed by atoms with van der Waals surface area (Å²) in [6.45, 7) is 10.4. The molecule has 0 bridgehead atoms. The zero-order chi connectivity index (χ0) is 17.3. The average Bonchev–Trinajstić information content (AvgIpc) is 2.95. The van der Waals surface area contributed by atoms with E-state index in [0.717, 1.165) is 25.8 Å². The van der Waals surface area contributed by atoms with Gasteiger partial charge in [0, 0.05) is 17.3 Å². The zero-order valence-corrected chi connectivity index (χ0v) is 15.6. The monoisotopic (exact) mass is 332 g/mol. The molecule has 1 aromatic heterocycles. The number of likely N-dealkylation sites (tertiary alicyclic amines) is 1. The molecule has 0 unspecified atom stereocenters. The van der Waals surface area contributed by atoms with Crippen LogP contribution in [-0.2, 0) is 16.8 Å². The Balaban J connectivity index is 1.67. The van der Waals surface area contributed by atoms with Crippen molar-refractivity contribution in [3.05, 3.63) is 17.5 Å². The number of hydrogen-bond donors (Lipinski definition) is 1. The molecule has 1 amide bonds. The number of fused-ring (bicyclic) bond motifs is 1. The first kappa shape index (κ1) is 17.5. The molecule has 1 saturated heterocycles. The molecule has 134 valence electrons. The fourth-order valence-electron chi connectivity index (χ4n) is 4.10. The van der Waals surface area contributed by atoms with Crippen molar-refractivity contribution in [3.8, 4) is 0 Å². The first-order chi connectivity index (χ1) is 11.4. The third-order valence-corrected chi connectivity index (χ3v) is 5.44. The fraction of sp³-hybridized carbons (Fsp3) is 0.789. The van der Waals surface area contributed by atoms with E-state index in [9.17, 15) is 4.79 Å². The van der Waals surface area contributed by atoms with Crippen LogP contribution in [0.4, 0.5) is 0 Å². The van der Waals surface area contributed by atoms with E-state index in [4.69, 9.17) is 0 Å². The molecule has 24 heavy (non-hydrogen) atoms. The third-order valence-electron chi connectivity index (χ3n) is 5.44. The molecule has 1 N–H and O–H groups in total. The number of rotatable bonds is 3. The third kappa shape index (κ3) is 3.66. The Bertz CT molecular complexity index is 587. The van der Waals surface area contributed by atoms with Gasteiger partial charge in [-0.2, -0.15) is 5.10 Å². The molecule has 5 heteroatoms. The normalized spacial score (nSPS) is 25.3. The fourth-order valence-corrected chi connectivity index (χ4v) is 4.10. The van der Waals surface area contributed by atoms with Gasteiger partial charge in [0.05, 0.1) is 24.3 Å². The smallest absolute Gasteiger partial charge is 0.234 e. The summed E-state index contributed by atoms with van der Waals surface area (Å²) in [5.41, 5.74) is 2.50.